The second-order valence-corrected chi connectivity index (χ2v) is 6.27. The molecule has 4 heteroatoms. The molecule has 4 nitrogen and oxygen atoms in total. The summed E-state index contributed by atoms with van der Waals surface area (Å²) < 4.78 is 5.49. The summed E-state index contributed by atoms with van der Waals surface area (Å²) in [5.41, 5.74) is 1.34. The van der Waals surface area contributed by atoms with Crippen LogP contribution in [-0.2, 0) is 11.3 Å². The molecule has 2 saturated heterocycles. The molecule has 0 radical (unpaired) electrons. The lowest BCUT2D eigenvalue weighted by atomic mass is 9.73. The molecule has 0 saturated carbocycles. The smallest absolute Gasteiger partial charge is 0.410 e. The van der Waals surface area contributed by atoms with Crippen LogP contribution in [0.3, 0.4) is 0 Å². The fourth-order valence-corrected chi connectivity index (χ4v) is 3.72. The summed E-state index contributed by atoms with van der Waals surface area (Å²) in [6.45, 7) is 5.50. The lowest BCUT2D eigenvalue weighted by molar-refractivity contribution is 0.0741. The molecule has 1 atom stereocenters. The molecule has 0 aromatic heterocycles. The Kier molecular flexibility index (Phi) is 4.15. The van der Waals surface area contributed by atoms with E-state index in [0.29, 0.717) is 12.0 Å². The number of carbonyl (C=O) groups is 1. The number of piperidine rings is 1. The second-order valence-electron chi connectivity index (χ2n) is 6.27. The largest absolute Gasteiger partial charge is 0.445 e. The van der Waals surface area contributed by atoms with Gasteiger partial charge in [0.05, 0.1) is 0 Å². The van der Waals surface area contributed by atoms with E-state index in [9.17, 15) is 4.79 Å². The monoisotopic (exact) mass is 288 g/mol. The highest BCUT2D eigenvalue weighted by Crippen LogP contribution is 2.44. The van der Waals surface area contributed by atoms with Crippen LogP contribution in [0.2, 0.25) is 0 Å². The third-order valence-corrected chi connectivity index (χ3v) is 5.24. The zero-order chi connectivity index (χ0) is 14.7. The van der Waals surface area contributed by atoms with Crippen molar-refractivity contribution in [1.82, 2.24) is 10.2 Å². The third-order valence-electron chi connectivity index (χ3n) is 5.24. The SMILES string of the molecule is CC1N(C(=O)OCc2ccccc2)CCC12CCNCC2. The second kappa shape index (κ2) is 6.06. The molecular formula is C17H24N2O2. The van der Waals surface area contributed by atoms with Gasteiger partial charge in [-0.3, -0.25) is 0 Å². The van der Waals surface area contributed by atoms with E-state index >= 15 is 0 Å². The van der Waals surface area contributed by atoms with Crippen molar-refractivity contribution in [1.29, 1.82) is 0 Å². The van der Waals surface area contributed by atoms with E-state index < -0.39 is 0 Å². The molecule has 0 bridgehead atoms. The molecule has 1 spiro atoms. The Bertz CT molecular complexity index is 483. The summed E-state index contributed by atoms with van der Waals surface area (Å²) >= 11 is 0. The molecule has 2 aliphatic rings. The molecule has 21 heavy (non-hydrogen) atoms. The Labute approximate surface area is 126 Å². The maximum Gasteiger partial charge on any atom is 0.410 e. The molecule has 2 aliphatic heterocycles. The van der Waals surface area contributed by atoms with Crippen LogP contribution in [-0.4, -0.2) is 36.7 Å². The van der Waals surface area contributed by atoms with Crippen LogP contribution in [0.25, 0.3) is 0 Å². The van der Waals surface area contributed by atoms with E-state index in [4.69, 9.17) is 4.74 Å². The highest BCUT2D eigenvalue weighted by atomic mass is 16.6. The van der Waals surface area contributed by atoms with Crippen molar-refractivity contribution in [2.45, 2.75) is 38.8 Å². The van der Waals surface area contributed by atoms with Crippen molar-refractivity contribution in [3.63, 3.8) is 0 Å². The number of carbonyl (C=O) groups excluding carboxylic acids is 1. The first-order chi connectivity index (χ1) is 10.2. The summed E-state index contributed by atoms with van der Waals surface area (Å²) in [4.78, 5) is 14.3. The number of hydrogen-bond donors (Lipinski definition) is 1. The summed E-state index contributed by atoms with van der Waals surface area (Å²) in [5, 5.41) is 3.41. The molecule has 1 aromatic rings. The van der Waals surface area contributed by atoms with Crippen molar-refractivity contribution in [2.75, 3.05) is 19.6 Å². The number of nitrogens with one attached hydrogen (secondary N) is 1. The first kappa shape index (κ1) is 14.4. The van der Waals surface area contributed by atoms with Crippen LogP contribution < -0.4 is 5.32 Å². The number of rotatable bonds is 2. The Morgan fingerprint density at radius 2 is 2.00 bits per heavy atom. The summed E-state index contributed by atoms with van der Waals surface area (Å²) in [7, 11) is 0. The maximum absolute atomic E-state index is 12.3. The van der Waals surface area contributed by atoms with Gasteiger partial charge in [-0.15, -0.1) is 0 Å². The van der Waals surface area contributed by atoms with Gasteiger partial charge in [0.1, 0.15) is 6.61 Å². The van der Waals surface area contributed by atoms with E-state index in [1.165, 1.54) is 0 Å². The Morgan fingerprint density at radius 1 is 1.29 bits per heavy atom. The lowest BCUT2D eigenvalue weighted by Gasteiger charge is -2.39. The van der Waals surface area contributed by atoms with Crippen molar-refractivity contribution >= 4 is 6.09 Å². The first-order valence-electron chi connectivity index (χ1n) is 7.89. The molecule has 1 N–H and O–H groups in total. The van der Waals surface area contributed by atoms with Gasteiger partial charge in [0, 0.05) is 12.6 Å². The Morgan fingerprint density at radius 3 is 2.71 bits per heavy atom. The molecule has 2 fully saturated rings. The molecule has 1 unspecified atom stereocenters. The average molecular weight is 288 g/mol. The van der Waals surface area contributed by atoms with Crippen molar-refractivity contribution in [2.24, 2.45) is 5.41 Å². The van der Waals surface area contributed by atoms with Crippen molar-refractivity contribution in [3.05, 3.63) is 35.9 Å². The van der Waals surface area contributed by atoms with Gasteiger partial charge in [-0.05, 0) is 50.3 Å². The number of nitrogens with zero attached hydrogens (tertiary/aromatic N) is 1. The Balaban J connectivity index is 1.58. The van der Waals surface area contributed by atoms with E-state index in [-0.39, 0.29) is 12.1 Å². The van der Waals surface area contributed by atoms with Crippen LogP contribution in [0.15, 0.2) is 30.3 Å². The van der Waals surface area contributed by atoms with E-state index in [2.05, 4.69) is 12.2 Å². The topological polar surface area (TPSA) is 41.6 Å². The number of benzene rings is 1. The molecular weight excluding hydrogens is 264 g/mol. The van der Waals surface area contributed by atoms with Gasteiger partial charge in [-0.25, -0.2) is 4.79 Å². The quantitative estimate of drug-likeness (QED) is 0.910. The normalized spacial score (nSPS) is 24.2. The standard InChI is InChI=1S/C17H24N2O2/c1-14-17(7-10-18-11-8-17)9-12-19(14)16(20)21-13-15-5-3-2-4-6-15/h2-6,14,18H,7-13H2,1H3. The fraction of sp³-hybridized carbons (Fsp3) is 0.588. The minimum atomic E-state index is -0.165. The maximum atomic E-state index is 12.3. The molecule has 1 aromatic carbocycles. The third kappa shape index (κ3) is 2.91. The average Bonchev–Trinajstić information content (AvgIpc) is 2.84. The van der Waals surface area contributed by atoms with Gasteiger partial charge in [-0.1, -0.05) is 30.3 Å². The van der Waals surface area contributed by atoms with Crippen LogP contribution in [0, 0.1) is 5.41 Å². The number of hydrogen-bond acceptors (Lipinski definition) is 3. The van der Waals surface area contributed by atoms with Gasteiger partial charge in [0.25, 0.3) is 0 Å². The van der Waals surface area contributed by atoms with Gasteiger partial charge in [-0.2, -0.15) is 0 Å². The van der Waals surface area contributed by atoms with Gasteiger partial charge in [0.2, 0.25) is 0 Å². The van der Waals surface area contributed by atoms with Crippen molar-refractivity contribution < 1.29 is 9.53 Å². The predicted octanol–water partition coefficient (Wildman–Crippen LogP) is 2.79. The van der Waals surface area contributed by atoms with Crippen LogP contribution >= 0.6 is 0 Å². The minimum absolute atomic E-state index is 0.165. The highest BCUT2D eigenvalue weighted by molar-refractivity contribution is 5.68. The molecule has 1 amide bonds. The Hall–Kier alpha value is -1.55. The van der Waals surface area contributed by atoms with E-state index in [1.807, 2.05) is 35.2 Å². The molecule has 2 heterocycles. The van der Waals surface area contributed by atoms with E-state index in [0.717, 1.165) is 44.5 Å². The summed E-state index contributed by atoms with van der Waals surface area (Å²) in [5.74, 6) is 0. The molecule has 3 rings (SSSR count). The summed E-state index contributed by atoms with van der Waals surface area (Å²) in [6.07, 6.45) is 3.27. The van der Waals surface area contributed by atoms with Gasteiger partial charge < -0.3 is 15.0 Å². The molecule has 0 aliphatic carbocycles. The van der Waals surface area contributed by atoms with Gasteiger partial charge in [0.15, 0.2) is 0 Å². The van der Waals surface area contributed by atoms with Crippen LogP contribution in [0.5, 0.6) is 0 Å². The first-order valence-corrected chi connectivity index (χ1v) is 7.89. The van der Waals surface area contributed by atoms with Gasteiger partial charge >= 0.3 is 6.09 Å². The number of ether oxygens (including phenoxy) is 1. The molecule has 114 valence electrons. The lowest BCUT2D eigenvalue weighted by Crippen LogP contribution is -2.46. The van der Waals surface area contributed by atoms with Crippen LogP contribution in [0.4, 0.5) is 4.79 Å². The van der Waals surface area contributed by atoms with Crippen LogP contribution in [0.1, 0.15) is 31.7 Å². The zero-order valence-electron chi connectivity index (χ0n) is 12.7. The number of likely N-dealkylation sites (tertiary alicyclic amines) is 1. The predicted molar refractivity (Wildman–Crippen MR) is 81.9 cm³/mol. The summed E-state index contributed by atoms with van der Waals surface area (Å²) in [6, 6.07) is 10.1. The van der Waals surface area contributed by atoms with E-state index in [1.54, 1.807) is 0 Å². The highest BCUT2D eigenvalue weighted by Gasteiger charge is 2.47. The minimum Gasteiger partial charge on any atom is -0.445 e. The number of amides is 1. The zero-order valence-corrected chi connectivity index (χ0v) is 12.7. The fourth-order valence-electron chi connectivity index (χ4n) is 3.72. The van der Waals surface area contributed by atoms with Crippen molar-refractivity contribution in [3.8, 4) is 0 Å².